The van der Waals surface area contributed by atoms with Gasteiger partial charge < -0.3 is 21.5 Å². The number of nitrogens with two attached hydrogens (primary N) is 1. The molecule has 0 aromatic carbocycles. The Kier molecular flexibility index (Phi) is 6.86. The number of carboxylic acid groups (broad SMARTS) is 1. The lowest BCUT2D eigenvalue weighted by atomic mass is 10.2. The van der Waals surface area contributed by atoms with Gasteiger partial charge in [-0.05, 0) is 12.2 Å². The number of hydrogen-bond acceptors (Lipinski definition) is 5. The summed E-state index contributed by atoms with van der Waals surface area (Å²) in [4.78, 5) is 25.0. The second-order valence-electron chi connectivity index (χ2n) is 2.67. The number of carbonyl (C=O) groups is 2. The van der Waals surface area contributed by atoms with Crippen LogP contribution in [0.25, 0.3) is 5.57 Å². The maximum absolute atomic E-state index is 11.0. The van der Waals surface area contributed by atoms with Crippen LogP contribution in [0.2, 0.25) is 0 Å². The lowest BCUT2D eigenvalue weighted by molar-refractivity contribution is -0.130. The standard InChI is InChI=1S/C8H8N4O3S2.ClH/c9-7(16)10-1-4(6(14)15)5-2-17-8(12-5)11-3-13;/h1-3H,(H,14,15)(H3,9,10,16)(H,11,12,13);1H. The molecular weight excluding hydrogens is 300 g/mol. The van der Waals surface area contributed by atoms with Gasteiger partial charge in [0, 0.05) is 11.6 Å². The Labute approximate surface area is 117 Å². The van der Waals surface area contributed by atoms with Gasteiger partial charge in [0.05, 0.1) is 5.69 Å². The van der Waals surface area contributed by atoms with Crippen molar-refractivity contribution in [3.8, 4) is 0 Å². The number of halogens is 1. The number of hydrogen-bond donors (Lipinski definition) is 4. The third kappa shape index (κ3) is 4.65. The first-order chi connectivity index (χ1) is 8.04. The van der Waals surface area contributed by atoms with Crippen molar-refractivity contribution >= 4 is 64.2 Å². The molecular formula is C8H9ClN4O3S2. The quantitative estimate of drug-likeness (QED) is 0.353. The van der Waals surface area contributed by atoms with Crippen molar-refractivity contribution in [2.24, 2.45) is 5.73 Å². The highest BCUT2D eigenvalue weighted by Gasteiger charge is 2.14. The van der Waals surface area contributed by atoms with Crippen LogP contribution in [0.3, 0.4) is 0 Å². The predicted octanol–water partition coefficient (Wildman–Crippen LogP) is 0.392. The number of aliphatic carboxylic acids is 1. The zero-order chi connectivity index (χ0) is 12.8. The van der Waals surface area contributed by atoms with Crippen LogP contribution in [0.5, 0.6) is 0 Å². The molecule has 1 heterocycles. The largest absolute Gasteiger partial charge is 0.478 e. The summed E-state index contributed by atoms with van der Waals surface area (Å²) in [5.74, 6) is -1.18. The Morgan fingerprint density at radius 3 is 2.78 bits per heavy atom. The van der Waals surface area contributed by atoms with E-state index in [1.807, 2.05) is 0 Å². The third-order valence-electron chi connectivity index (χ3n) is 1.55. The summed E-state index contributed by atoms with van der Waals surface area (Å²) in [5.41, 5.74) is 5.28. The van der Waals surface area contributed by atoms with Crippen LogP contribution in [-0.2, 0) is 9.59 Å². The summed E-state index contributed by atoms with van der Waals surface area (Å²) in [7, 11) is 0. The van der Waals surface area contributed by atoms with Crippen molar-refractivity contribution in [1.82, 2.24) is 10.3 Å². The van der Waals surface area contributed by atoms with E-state index in [1.165, 1.54) is 5.38 Å². The van der Waals surface area contributed by atoms with E-state index in [4.69, 9.17) is 10.8 Å². The van der Waals surface area contributed by atoms with Gasteiger partial charge in [0.15, 0.2) is 10.2 Å². The van der Waals surface area contributed by atoms with Gasteiger partial charge in [0.2, 0.25) is 6.41 Å². The molecule has 18 heavy (non-hydrogen) atoms. The zero-order valence-corrected chi connectivity index (χ0v) is 11.2. The molecule has 0 unspecified atom stereocenters. The average Bonchev–Trinajstić information content (AvgIpc) is 2.66. The maximum atomic E-state index is 11.0. The summed E-state index contributed by atoms with van der Waals surface area (Å²) in [6.45, 7) is 0. The Morgan fingerprint density at radius 1 is 1.61 bits per heavy atom. The van der Waals surface area contributed by atoms with Gasteiger partial charge in [0.1, 0.15) is 5.57 Å². The van der Waals surface area contributed by atoms with E-state index in [-0.39, 0.29) is 28.8 Å². The van der Waals surface area contributed by atoms with E-state index in [2.05, 4.69) is 27.8 Å². The van der Waals surface area contributed by atoms with Gasteiger partial charge in [-0.1, -0.05) is 0 Å². The second-order valence-corrected chi connectivity index (χ2v) is 3.97. The number of thiocarbonyl (C=S) groups is 1. The van der Waals surface area contributed by atoms with Crippen molar-refractivity contribution in [2.75, 3.05) is 5.32 Å². The molecule has 5 N–H and O–H groups in total. The van der Waals surface area contributed by atoms with Crippen LogP contribution in [-0.4, -0.2) is 27.6 Å². The molecule has 1 aromatic rings. The first-order valence-electron chi connectivity index (χ1n) is 4.20. The molecule has 0 atom stereocenters. The van der Waals surface area contributed by atoms with E-state index in [9.17, 15) is 9.59 Å². The van der Waals surface area contributed by atoms with Gasteiger partial charge in [-0.3, -0.25) is 4.79 Å². The van der Waals surface area contributed by atoms with Crippen LogP contribution in [0.4, 0.5) is 5.13 Å². The number of anilines is 1. The van der Waals surface area contributed by atoms with Gasteiger partial charge in [0.25, 0.3) is 0 Å². The van der Waals surface area contributed by atoms with Crippen LogP contribution < -0.4 is 16.4 Å². The molecule has 1 rings (SSSR count). The number of nitrogens with one attached hydrogen (secondary N) is 2. The van der Waals surface area contributed by atoms with Crippen molar-refractivity contribution in [3.05, 3.63) is 17.3 Å². The van der Waals surface area contributed by atoms with E-state index < -0.39 is 5.97 Å². The number of carbonyl (C=O) groups excluding carboxylic acids is 1. The lowest BCUT2D eigenvalue weighted by Gasteiger charge is -1.99. The molecule has 1 amide bonds. The Bertz CT molecular complexity index is 488. The number of rotatable bonds is 5. The number of carboxylic acids is 1. The molecule has 0 aliphatic heterocycles. The fourth-order valence-corrected chi connectivity index (χ4v) is 1.63. The first kappa shape index (κ1) is 16.3. The molecule has 7 nitrogen and oxygen atoms in total. The van der Waals surface area contributed by atoms with E-state index >= 15 is 0 Å². The minimum Gasteiger partial charge on any atom is -0.478 e. The summed E-state index contributed by atoms with van der Waals surface area (Å²) in [5, 5.41) is 15.4. The van der Waals surface area contributed by atoms with Crippen molar-refractivity contribution in [2.45, 2.75) is 0 Å². The van der Waals surface area contributed by atoms with Gasteiger partial charge in [-0.2, -0.15) is 0 Å². The number of aromatic nitrogens is 1. The molecule has 0 fully saturated rings. The molecule has 0 saturated carbocycles. The van der Waals surface area contributed by atoms with E-state index in [0.717, 1.165) is 17.5 Å². The lowest BCUT2D eigenvalue weighted by Crippen LogP contribution is -2.24. The molecule has 98 valence electrons. The van der Waals surface area contributed by atoms with Gasteiger partial charge >= 0.3 is 5.97 Å². The summed E-state index contributed by atoms with van der Waals surface area (Å²) in [6.07, 6.45) is 1.60. The molecule has 10 heteroatoms. The van der Waals surface area contributed by atoms with Crippen LogP contribution in [0.1, 0.15) is 5.69 Å². The summed E-state index contributed by atoms with van der Waals surface area (Å²) >= 11 is 5.65. The van der Waals surface area contributed by atoms with E-state index in [1.54, 1.807) is 0 Å². The van der Waals surface area contributed by atoms with Crippen LogP contribution in [0, 0.1) is 0 Å². The highest BCUT2D eigenvalue weighted by Crippen LogP contribution is 2.20. The molecule has 0 aliphatic rings. The Morgan fingerprint density at radius 2 is 2.28 bits per heavy atom. The molecule has 0 saturated heterocycles. The minimum absolute atomic E-state index is 0. The smallest absolute Gasteiger partial charge is 0.339 e. The molecule has 0 radical (unpaired) electrons. The van der Waals surface area contributed by atoms with Gasteiger partial charge in [-0.15, -0.1) is 23.7 Å². The monoisotopic (exact) mass is 308 g/mol. The highest BCUT2D eigenvalue weighted by molar-refractivity contribution is 7.80. The zero-order valence-electron chi connectivity index (χ0n) is 8.75. The van der Waals surface area contributed by atoms with Crippen LogP contribution >= 0.6 is 36.0 Å². The number of thiazole rings is 1. The fourth-order valence-electron chi connectivity index (χ4n) is 0.903. The molecule has 0 spiro atoms. The summed E-state index contributed by atoms with van der Waals surface area (Å²) in [6, 6.07) is 0. The van der Waals surface area contributed by atoms with Gasteiger partial charge in [-0.25, -0.2) is 9.78 Å². The van der Waals surface area contributed by atoms with Crippen LogP contribution in [0.15, 0.2) is 11.6 Å². The normalized spacial score (nSPS) is 10.1. The highest BCUT2D eigenvalue weighted by atomic mass is 35.5. The Hall–Kier alpha value is -1.71. The molecule has 0 bridgehead atoms. The predicted molar refractivity (Wildman–Crippen MR) is 74.6 cm³/mol. The maximum Gasteiger partial charge on any atom is 0.339 e. The topological polar surface area (TPSA) is 117 Å². The SMILES string of the molecule is Cl.NC(=S)NC=C(C(=O)O)c1csc(NC=O)n1. The average molecular weight is 309 g/mol. The van der Waals surface area contributed by atoms with Crippen molar-refractivity contribution in [1.29, 1.82) is 0 Å². The number of amides is 1. The second kappa shape index (κ2) is 7.58. The fraction of sp³-hybridized carbons (Fsp3) is 0. The Balaban J connectivity index is 0.00000289. The first-order valence-corrected chi connectivity index (χ1v) is 5.49. The minimum atomic E-state index is -1.18. The van der Waals surface area contributed by atoms with Crippen molar-refractivity contribution in [3.63, 3.8) is 0 Å². The van der Waals surface area contributed by atoms with E-state index in [0.29, 0.717) is 11.5 Å². The number of nitrogens with zero attached hydrogens (tertiary/aromatic N) is 1. The molecule has 1 aromatic heterocycles. The third-order valence-corrected chi connectivity index (χ3v) is 2.44. The van der Waals surface area contributed by atoms with Crippen molar-refractivity contribution < 1.29 is 14.7 Å². The molecule has 0 aliphatic carbocycles. The summed E-state index contributed by atoms with van der Waals surface area (Å²) < 4.78 is 0.